The lowest BCUT2D eigenvalue weighted by Gasteiger charge is -2.04. The maximum Gasteiger partial charge on any atom is 0.306 e. The van der Waals surface area contributed by atoms with E-state index in [1.165, 1.54) is 0 Å². The summed E-state index contributed by atoms with van der Waals surface area (Å²) in [5, 5.41) is 0. The Hall–Kier alpha value is -0.680. The van der Waals surface area contributed by atoms with Gasteiger partial charge in [0.15, 0.2) is 5.78 Å². The zero-order chi connectivity index (χ0) is 13.5. The van der Waals surface area contributed by atoms with Crippen molar-refractivity contribution in [1.29, 1.82) is 0 Å². The summed E-state index contributed by atoms with van der Waals surface area (Å²) in [6.07, 6.45) is 1.10. The van der Waals surface area contributed by atoms with E-state index in [4.69, 9.17) is 4.74 Å². The van der Waals surface area contributed by atoms with Gasteiger partial charge in [-0.25, -0.2) is 0 Å². The molecule has 0 saturated carbocycles. The molecule has 3 nitrogen and oxygen atoms in total. The monoisotopic (exact) mass is 376 g/mol. The fourth-order valence-electron chi connectivity index (χ4n) is 1.32. The van der Waals surface area contributed by atoms with E-state index in [9.17, 15) is 9.59 Å². The van der Waals surface area contributed by atoms with Crippen molar-refractivity contribution in [3.05, 3.63) is 32.7 Å². The second-order valence-electron chi connectivity index (χ2n) is 3.77. The molecule has 1 aromatic rings. The fourth-order valence-corrected chi connectivity index (χ4v) is 1.94. The van der Waals surface area contributed by atoms with Gasteiger partial charge in [0.2, 0.25) is 0 Å². The van der Waals surface area contributed by atoms with Gasteiger partial charge in [-0.3, -0.25) is 9.59 Å². The minimum absolute atomic E-state index is 0.0587. The zero-order valence-corrected chi connectivity index (χ0v) is 13.2. The summed E-state index contributed by atoms with van der Waals surface area (Å²) in [4.78, 5) is 23.1. The Balaban J connectivity index is 2.50. The number of ketones is 1. The third kappa shape index (κ3) is 4.90. The highest BCUT2D eigenvalue weighted by Crippen LogP contribution is 2.24. The van der Waals surface area contributed by atoms with E-state index >= 15 is 0 Å². The first-order chi connectivity index (χ1) is 8.54. The Morgan fingerprint density at radius 2 is 1.89 bits per heavy atom. The van der Waals surface area contributed by atoms with Crippen molar-refractivity contribution in [3.63, 3.8) is 0 Å². The molecule has 0 N–H and O–H groups in total. The molecule has 0 spiro atoms. The normalized spacial score (nSPS) is 10.2. The topological polar surface area (TPSA) is 43.4 Å². The van der Waals surface area contributed by atoms with E-state index in [0.29, 0.717) is 12.2 Å². The van der Waals surface area contributed by atoms with Crippen LogP contribution in [0.4, 0.5) is 0 Å². The van der Waals surface area contributed by atoms with Crippen LogP contribution >= 0.6 is 31.9 Å². The lowest BCUT2D eigenvalue weighted by molar-refractivity contribution is -0.143. The Kier molecular flexibility index (Phi) is 6.57. The maximum atomic E-state index is 11.8. The molecule has 0 bridgehead atoms. The largest absolute Gasteiger partial charge is 0.466 e. The van der Waals surface area contributed by atoms with Crippen LogP contribution in [0.2, 0.25) is 0 Å². The molecular formula is C13H14Br2O3. The van der Waals surface area contributed by atoms with Crippen LogP contribution in [0.25, 0.3) is 0 Å². The van der Waals surface area contributed by atoms with Gasteiger partial charge in [-0.2, -0.15) is 0 Å². The van der Waals surface area contributed by atoms with E-state index < -0.39 is 0 Å². The van der Waals surface area contributed by atoms with Crippen LogP contribution < -0.4 is 0 Å². The number of esters is 1. The number of Topliss-reactive ketones (excluding diaryl/α,β-unsaturated/α-hetero) is 1. The van der Waals surface area contributed by atoms with Gasteiger partial charge < -0.3 is 4.74 Å². The number of hydrogen-bond donors (Lipinski definition) is 0. The van der Waals surface area contributed by atoms with Gasteiger partial charge in [0.1, 0.15) is 0 Å². The Morgan fingerprint density at radius 3 is 2.50 bits per heavy atom. The summed E-state index contributed by atoms with van der Waals surface area (Å²) in [5.74, 6) is -0.377. The quantitative estimate of drug-likeness (QED) is 0.553. The van der Waals surface area contributed by atoms with Gasteiger partial charge in [-0.15, -0.1) is 0 Å². The second kappa shape index (κ2) is 7.69. The standard InChI is InChI=1S/C13H14Br2O3/c1-2-7-18-13(17)6-5-12(16)9-3-4-10(14)11(15)8-9/h3-4,8H,2,5-7H2,1H3. The van der Waals surface area contributed by atoms with Crippen molar-refractivity contribution in [2.75, 3.05) is 6.61 Å². The molecule has 0 heterocycles. The van der Waals surface area contributed by atoms with Crippen LogP contribution in [0.3, 0.4) is 0 Å². The zero-order valence-electron chi connectivity index (χ0n) is 10.0. The summed E-state index contributed by atoms with van der Waals surface area (Å²) >= 11 is 6.67. The van der Waals surface area contributed by atoms with Gasteiger partial charge >= 0.3 is 5.97 Å². The molecule has 0 fully saturated rings. The molecule has 0 aliphatic rings. The van der Waals surface area contributed by atoms with Crippen LogP contribution in [0.15, 0.2) is 27.1 Å². The predicted octanol–water partition coefficient (Wildman–Crippen LogP) is 4.13. The third-order valence-corrected chi connectivity index (χ3v) is 4.14. The first-order valence-electron chi connectivity index (χ1n) is 5.68. The third-order valence-electron chi connectivity index (χ3n) is 2.26. The molecule has 0 saturated heterocycles. The van der Waals surface area contributed by atoms with Crippen LogP contribution in [-0.4, -0.2) is 18.4 Å². The lowest BCUT2D eigenvalue weighted by atomic mass is 10.1. The van der Waals surface area contributed by atoms with Crippen molar-refractivity contribution in [2.45, 2.75) is 26.2 Å². The molecule has 0 aliphatic heterocycles. The number of carbonyl (C=O) groups excluding carboxylic acids is 2. The highest BCUT2D eigenvalue weighted by molar-refractivity contribution is 9.13. The number of rotatable bonds is 6. The minimum atomic E-state index is -0.318. The molecule has 0 amide bonds. The number of halogens is 2. The van der Waals surface area contributed by atoms with E-state index in [-0.39, 0.29) is 24.6 Å². The molecule has 1 rings (SSSR count). The maximum absolute atomic E-state index is 11.8. The van der Waals surface area contributed by atoms with E-state index in [0.717, 1.165) is 15.4 Å². The number of benzene rings is 1. The van der Waals surface area contributed by atoms with Gasteiger partial charge in [0, 0.05) is 20.9 Å². The van der Waals surface area contributed by atoms with Crippen molar-refractivity contribution < 1.29 is 14.3 Å². The predicted molar refractivity (Wildman–Crippen MR) is 76.7 cm³/mol. The van der Waals surface area contributed by atoms with E-state index in [2.05, 4.69) is 31.9 Å². The highest BCUT2D eigenvalue weighted by atomic mass is 79.9. The lowest BCUT2D eigenvalue weighted by Crippen LogP contribution is -2.08. The van der Waals surface area contributed by atoms with Crippen molar-refractivity contribution in [3.8, 4) is 0 Å². The smallest absolute Gasteiger partial charge is 0.306 e. The summed E-state index contributed by atoms with van der Waals surface area (Å²) < 4.78 is 6.62. The summed E-state index contributed by atoms with van der Waals surface area (Å²) in [7, 11) is 0. The van der Waals surface area contributed by atoms with Gasteiger partial charge in [-0.1, -0.05) is 13.0 Å². The molecule has 18 heavy (non-hydrogen) atoms. The molecule has 5 heteroatoms. The van der Waals surface area contributed by atoms with Crippen molar-refractivity contribution >= 4 is 43.6 Å². The summed E-state index contributed by atoms with van der Waals surface area (Å²) in [6.45, 7) is 2.34. The molecular weight excluding hydrogens is 364 g/mol. The van der Waals surface area contributed by atoms with Crippen molar-refractivity contribution in [2.24, 2.45) is 0 Å². The Labute approximate surface area is 123 Å². The molecule has 0 aliphatic carbocycles. The van der Waals surface area contributed by atoms with Gasteiger partial charge in [-0.05, 0) is 50.4 Å². The van der Waals surface area contributed by atoms with Crippen LogP contribution in [0.1, 0.15) is 36.5 Å². The highest BCUT2D eigenvalue weighted by Gasteiger charge is 2.11. The molecule has 0 atom stereocenters. The number of hydrogen-bond acceptors (Lipinski definition) is 3. The van der Waals surface area contributed by atoms with Crippen LogP contribution in [0.5, 0.6) is 0 Å². The van der Waals surface area contributed by atoms with Crippen LogP contribution in [0, 0.1) is 0 Å². The van der Waals surface area contributed by atoms with E-state index in [1.54, 1.807) is 18.2 Å². The number of carbonyl (C=O) groups is 2. The van der Waals surface area contributed by atoms with Gasteiger partial charge in [0.05, 0.1) is 13.0 Å². The van der Waals surface area contributed by atoms with Gasteiger partial charge in [0.25, 0.3) is 0 Å². The minimum Gasteiger partial charge on any atom is -0.466 e. The fraction of sp³-hybridized carbons (Fsp3) is 0.385. The first kappa shape index (κ1) is 15.4. The average Bonchev–Trinajstić information content (AvgIpc) is 2.36. The average molecular weight is 378 g/mol. The Morgan fingerprint density at radius 1 is 1.17 bits per heavy atom. The molecule has 1 aromatic carbocycles. The van der Waals surface area contributed by atoms with Crippen molar-refractivity contribution in [1.82, 2.24) is 0 Å². The SMILES string of the molecule is CCCOC(=O)CCC(=O)c1ccc(Br)c(Br)c1. The number of ether oxygens (including phenoxy) is 1. The first-order valence-corrected chi connectivity index (χ1v) is 7.27. The molecule has 0 aromatic heterocycles. The van der Waals surface area contributed by atoms with E-state index in [1.807, 2.05) is 6.92 Å². The second-order valence-corrected chi connectivity index (χ2v) is 5.48. The summed E-state index contributed by atoms with van der Waals surface area (Å²) in [5.41, 5.74) is 0.591. The molecule has 0 unspecified atom stereocenters. The van der Waals surface area contributed by atoms with Crippen LogP contribution in [-0.2, 0) is 9.53 Å². The molecule has 98 valence electrons. The summed E-state index contributed by atoms with van der Waals surface area (Å²) in [6, 6.07) is 5.27. The Bertz CT molecular complexity index is 444. The molecule has 0 radical (unpaired) electrons.